The van der Waals surface area contributed by atoms with Gasteiger partial charge in [-0.15, -0.1) is 0 Å². The fraction of sp³-hybridized carbons (Fsp3) is 0.0189. The first-order chi connectivity index (χ1) is 27.7. The molecule has 262 valence electrons. The molecule has 0 atom stereocenters. The van der Waals surface area contributed by atoms with Gasteiger partial charge < -0.3 is 9.80 Å². The Morgan fingerprint density at radius 3 is 1.43 bits per heavy atom. The minimum Gasteiger partial charge on any atom is -0.310 e. The minimum absolute atomic E-state index is 0.423. The topological polar surface area (TPSA) is 6.48 Å². The molecule has 2 aliphatic carbocycles. The molecular formula is C53H37BN2. The summed E-state index contributed by atoms with van der Waals surface area (Å²) in [6.45, 7) is 0. The van der Waals surface area contributed by atoms with E-state index in [9.17, 15) is 0 Å². The van der Waals surface area contributed by atoms with Crippen LogP contribution in [0.5, 0.6) is 0 Å². The van der Waals surface area contributed by atoms with Crippen molar-refractivity contribution >= 4 is 58.2 Å². The van der Waals surface area contributed by atoms with Gasteiger partial charge in [-0.05, 0) is 111 Å². The summed E-state index contributed by atoms with van der Waals surface area (Å²) >= 11 is 0. The van der Waals surface area contributed by atoms with Gasteiger partial charge in [-0.1, -0.05) is 157 Å². The Hall–Kier alpha value is -7.10. The maximum absolute atomic E-state index is 2.48. The van der Waals surface area contributed by atoms with E-state index in [0.29, 0.717) is 0 Å². The molecule has 0 saturated carbocycles. The number of hydrogen-bond donors (Lipinski definition) is 0. The molecule has 0 N–H and O–H groups in total. The lowest BCUT2D eigenvalue weighted by Gasteiger charge is -2.33. The van der Waals surface area contributed by atoms with Crippen molar-refractivity contribution in [3.05, 3.63) is 235 Å². The van der Waals surface area contributed by atoms with Crippen molar-refractivity contribution in [1.29, 1.82) is 0 Å². The van der Waals surface area contributed by atoms with E-state index in [1.54, 1.807) is 0 Å². The Bertz CT molecular complexity index is 2880. The largest absolute Gasteiger partial charge is 0.310 e. The fourth-order valence-corrected chi connectivity index (χ4v) is 9.66. The van der Waals surface area contributed by atoms with Crippen molar-refractivity contribution in [2.45, 2.75) is 5.41 Å². The summed E-state index contributed by atoms with van der Waals surface area (Å²) in [5.41, 5.74) is 18.1. The van der Waals surface area contributed by atoms with Crippen molar-refractivity contribution in [2.24, 2.45) is 0 Å². The quantitative estimate of drug-likeness (QED) is 0.158. The van der Waals surface area contributed by atoms with Crippen LogP contribution in [-0.4, -0.2) is 7.85 Å². The molecule has 0 bridgehead atoms. The number of rotatable bonds is 6. The highest BCUT2D eigenvalue weighted by atomic mass is 15.2. The molecular weight excluding hydrogens is 675 g/mol. The van der Waals surface area contributed by atoms with E-state index >= 15 is 0 Å². The van der Waals surface area contributed by atoms with Crippen molar-refractivity contribution in [3.63, 3.8) is 0 Å². The molecule has 0 fully saturated rings. The SMILES string of the molecule is Bc1cc(N(c2ccccc2)c2ccc3c(c2)C2(c4ccccc4-c4ccccc42)c2ccccc2-3)cc(N(c2ccccc2)c2cccc3ccccc23)c1. The molecule has 0 saturated heterocycles. The van der Waals surface area contributed by atoms with Crippen LogP contribution < -0.4 is 15.3 Å². The Labute approximate surface area is 329 Å². The van der Waals surface area contributed by atoms with Gasteiger partial charge in [0.1, 0.15) is 7.85 Å². The van der Waals surface area contributed by atoms with E-state index in [-0.39, 0.29) is 0 Å². The van der Waals surface area contributed by atoms with Crippen LogP contribution in [0.15, 0.2) is 212 Å². The second kappa shape index (κ2) is 12.8. The van der Waals surface area contributed by atoms with Crippen molar-refractivity contribution in [1.82, 2.24) is 0 Å². The summed E-state index contributed by atoms with van der Waals surface area (Å²) in [7, 11) is 2.21. The van der Waals surface area contributed by atoms with Crippen LogP contribution in [0, 0.1) is 0 Å². The highest BCUT2D eigenvalue weighted by Crippen LogP contribution is 2.63. The summed E-state index contributed by atoms with van der Waals surface area (Å²) in [6.07, 6.45) is 0. The predicted molar refractivity (Wildman–Crippen MR) is 238 cm³/mol. The average molecular weight is 713 g/mol. The zero-order valence-corrected chi connectivity index (χ0v) is 31.1. The van der Waals surface area contributed by atoms with E-state index < -0.39 is 5.41 Å². The third kappa shape index (κ3) is 4.77. The van der Waals surface area contributed by atoms with Gasteiger partial charge in [0.15, 0.2) is 0 Å². The molecule has 3 heteroatoms. The molecule has 2 nitrogen and oxygen atoms in total. The summed E-state index contributed by atoms with van der Waals surface area (Å²) in [5.74, 6) is 0. The lowest BCUT2D eigenvalue weighted by Crippen LogP contribution is -2.26. The van der Waals surface area contributed by atoms with Crippen molar-refractivity contribution in [2.75, 3.05) is 9.80 Å². The Kier molecular flexibility index (Phi) is 7.37. The molecule has 0 aromatic heterocycles. The first kappa shape index (κ1) is 32.3. The molecule has 2 aliphatic rings. The number of anilines is 6. The van der Waals surface area contributed by atoms with Crippen LogP contribution in [-0.2, 0) is 5.41 Å². The van der Waals surface area contributed by atoms with E-state index in [0.717, 1.165) is 34.1 Å². The van der Waals surface area contributed by atoms with Gasteiger partial charge in [0.25, 0.3) is 0 Å². The van der Waals surface area contributed by atoms with Gasteiger partial charge in [-0.2, -0.15) is 0 Å². The van der Waals surface area contributed by atoms with E-state index in [4.69, 9.17) is 0 Å². The normalized spacial score (nSPS) is 12.9. The van der Waals surface area contributed by atoms with Crippen LogP contribution in [0.25, 0.3) is 33.0 Å². The minimum atomic E-state index is -0.423. The lowest BCUT2D eigenvalue weighted by molar-refractivity contribution is 0.793. The van der Waals surface area contributed by atoms with Crippen LogP contribution in [0.3, 0.4) is 0 Å². The summed E-state index contributed by atoms with van der Waals surface area (Å²) in [5, 5.41) is 2.43. The zero-order valence-electron chi connectivity index (χ0n) is 31.1. The maximum atomic E-state index is 2.48. The maximum Gasteiger partial charge on any atom is 0.139 e. The van der Waals surface area contributed by atoms with Gasteiger partial charge >= 0.3 is 0 Å². The lowest BCUT2D eigenvalue weighted by atomic mass is 9.70. The summed E-state index contributed by atoms with van der Waals surface area (Å²) < 4.78 is 0. The Morgan fingerprint density at radius 1 is 0.321 bits per heavy atom. The van der Waals surface area contributed by atoms with Crippen LogP contribution >= 0.6 is 0 Å². The molecule has 0 amide bonds. The second-order valence-electron chi connectivity index (χ2n) is 15.0. The van der Waals surface area contributed by atoms with Gasteiger partial charge in [-0.3, -0.25) is 0 Å². The zero-order chi connectivity index (χ0) is 37.2. The van der Waals surface area contributed by atoms with E-state index in [1.807, 2.05) is 0 Å². The van der Waals surface area contributed by atoms with E-state index in [1.165, 1.54) is 60.7 Å². The van der Waals surface area contributed by atoms with Gasteiger partial charge in [0.2, 0.25) is 0 Å². The number of para-hydroxylation sites is 2. The highest BCUT2D eigenvalue weighted by molar-refractivity contribution is 6.33. The van der Waals surface area contributed by atoms with Crippen LogP contribution in [0.1, 0.15) is 22.3 Å². The molecule has 11 rings (SSSR count). The first-order valence-electron chi connectivity index (χ1n) is 19.4. The standard InChI is InChI=1S/C53H37BN2/c54-37-32-41(34-42(33-37)56(39-20-5-2-6-21-39)52-29-15-17-36-16-7-8-22-43(36)52)55(38-18-3-1-4-19-38)40-30-31-47-46-25-11-14-28-50(46)53(51(47)35-40)48-26-12-9-23-44(48)45-24-10-13-27-49(45)53/h1-35H,54H2. The Morgan fingerprint density at radius 2 is 0.804 bits per heavy atom. The van der Waals surface area contributed by atoms with Gasteiger partial charge in [-0.25, -0.2) is 0 Å². The van der Waals surface area contributed by atoms with Crippen LogP contribution in [0.2, 0.25) is 0 Å². The van der Waals surface area contributed by atoms with Gasteiger partial charge in [0.05, 0.1) is 11.1 Å². The van der Waals surface area contributed by atoms with Crippen molar-refractivity contribution in [3.8, 4) is 22.3 Å². The molecule has 1 spiro atoms. The number of benzene rings is 9. The summed E-state index contributed by atoms with van der Waals surface area (Å²) in [4.78, 5) is 4.84. The number of nitrogens with zero attached hydrogens (tertiary/aromatic N) is 2. The monoisotopic (exact) mass is 712 g/mol. The molecule has 0 aliphatic heterocycles. The number of fused-ring (bicyclic) bond motifs is 11. The smallest absolute Gasteiger partial charge is 0.139 e. The highest BCUT2D eigenvalue weighted by Gasteiger charge is 2.51. The first-order valence-corrected chi connectivity index (χ1v) is 19.4. The predicted octanol–water partition coefficient (Wildman–Crippen LogP) is 12.4. The number of hydrogen-bond acceptors (Lipinski definition) is 2. The fourth-order valence-electron chi connectivity index (χ4n) is 9.66. The Balaban J connectivity index is 1.15. The molecule has 0 unspecified atom stereocenters. The molecule has 0 radical (unpaired) electrons. The van der Waals surface area contributed by atoms with Crippen LogP contribution in [0.4, 0.5) is 34.1 Å². The van der Waals surface area contributed by atoms with E-state index in [2.05, 4.69) is 230 Å². The average Bonchev–Trinajstić information content (AvgIpc) is 3.72. The van der Waals surface area contributed by atoms with Gasteiger partial charge in [0, 0.05) is 33.8 Å². The summed E-state index contributed by atoms with van der Waals surface area (Å²) in [6, 6.07) is 78.1. The molecule has 9 aromatic carbocycles. The molecule has 0 heterocycles. The third-order valence-corrected chi connectivity index (χ3v) is 11.8. The molecule has 9 aromatic rings. The van der Waals surface area contributed by atoms with Crippen molar-refractivity contribution < 1.29 is 0 Å². The second-order valence-corrected chi connectivity index (χ2v) is 15.0. The third-order valence-electron chi connectivity index (χ3n) is 11.8. The molecule has 56 heavy (non-hydrogen) atoms.